The van der Waals surface area contributed by atoms with Crippen molar-refractivity contribution in [2.75, 3.05) is 18.5 Å². The largest absolute Gasteiger partial charge is 0.381 e. The van der Waals surface area contributed by atoms with E-state index in [0.717, 1.165) is 50.4 Å². The molecule has 0 amide bonds. The lowest BCUT2D eigenvalue weighted by Crippen LogP contribution is -2.27. The molecule has 1 aromatic heterocycles. The molecule has 1 N–H and O–H groups in total. The number of nitrogens with zero attached hydrogens (tertiary/aromatic N) is 2. The van der Waals surface area contributed by atoms with Crippen LogP contribution >= 0.6 is 0 Å². The van der Waals surface area contributed by atoms with Crippen LogP contribution in [0.4, 0.5) is 5.82 Å². The van der Waals surface area contributed by atoms with Crippen LogP contribution in [0.2, 0.25) is 0 Å². The van der Waals surface area contributed by atoms with Crippen LogP contribution in [0.5, 0.6) is 0 Å². The lowest BCUT2D eigenvalue weighted by Gasteiger charge is -2.21. The Labute approximate surface area is 113 Å². The van der Waals surface area contributed by atoms with E-state index >= 15 is 0 Å². The molecule has 1 fully saturated rings. The minimum Gasteiger partial charge on any atom is -0.381 e. The van der Waals surface area contributed by atoms with Crippen molar-refractivity contribution in [2.45, 2.75) is 38.6 Å². The van der Waals surface area contributed by atoms with E-state index in [9.17, 15) is 5.26 Å². The summed E-state index contributed by atoms with van der Waals surface area (Å²) in [7, 11) is 0. The van der Waals surface area contributed by atoms with Gasteiger partial charge in [-0.05, 0) is 44.2 Å². The second kappa shape index (κ2) is 5.18. The van der Waals surface area contributed by atoms with Crippen LogP contribution in [0.15, 0.2) is 6.07 Å². The van der Waals surface area contributed by atoms with E-state index in [-0.39, 0.29) is 0 Å². The molecule has 4 nitrogen and oxygen atoms in total. The van der Waals surface area contributed by atoms with E-state index in [1.807, 2.05) is 6.07 Å². The molecule has 3 rings (SSSR count). The summed E-state index contributed by atoms with van der Waals surface area (Å²) in [5.41, 5.74) is 3.08. The number of aryl methyl sites for hydroxylation is 2. The van der Waals surface area contributed by atoms with Gasteiger partial charge in [0.25, 0.3) is 0 Å². The molecule has 0 spiro atoms. The predicted octanol–water partition coefficient (Wildman–Crippen LogP) is 2.28. The zero-order chi connectivity index (χ0) is 13.2. The normalized spacial score (nSPS) is 22.8. The van der Waals surface area contributed by atoms with Gasteiger partial charge in [0.15, 0.2) is 0 Å². The molecule has 4 heteroatoms. The van der Waals surface area contributed by atoms with Crippen LogP contribution in [-0.4, -0.2) is 24.2 Å². The maximum Gasteiger partial charge on any atom is 0.144 e. The summed E-state index contributed by atoms with van der Waals surface area (Å²) in [5.74, 6) is 1.27. The standard InChI is InChI=1S/C15H19N3O/c1-10(12-5-6-19-9-12)17-15-13(8-16)7-11-3-2-4-14(11)18-15/h7,10,12H,2-6,9H2,1H3,(H,17,18). The summed E-state index contributed by atoms with van der Waals surface area (Å²) >= 11 is 0. The average molecular weight is 257 g/mol. The molecule has 2 aliphatic rings. The highest BCUT2D eigenvalue weighted by molar-refractivity contribution is 5.55. The molecule has 0 aromatic carbocycles. The Morgan fingerprint density at radius 2 is 2.42 bits per heavy atom. The van der Waals surface area contributed by atoms with E-state index in [0.29, 0.717) is 17.5 Å². The van der Waals surface area contributed by atoms with Crippen molar-refractivity contribution >= 4 is 5.82 Å². The first kappa shape index (κ1) is 12.4. The second-order valence-electron chi connectivity index (χ2n) is 5.51. The summed E-state index contributed by atoms with van der Waals surface area (Å²) in [6, 6.07) is 4.57. The zero-order valence-corrected chi connectivity index (χ0v) is 11.3. The first-order chi connectivity index (χ1) is 9.28. The van der Waals surface area contributed by atoms with Crippen molar-refractivity contribution in [3.05, 3.63) is 22.9 Å². The van der Waals surface area contributed by atoms with Crippen molar-refractivity contribution < 1.29 is 4.74 Å². The molecule has 0 bridgehead atoms. The van der Waals surface area contributed by atoms with Crippen LogP contribution in [0.25, 0.3) is 0 Å². The van der Waals surface area contributed by atoms with Gasteiger partial charge >= 0.3 is 0 Å². The van der Waals surface area contributed by atoms with Crippen molar-refractivity contribution in [1.82, 2.24) is 4.98 Å². The van der Waals surface area contributed by atoms with Crippen LogP contribution < -0.4 is 5.32 Å². The minimum absolute atomic E-state index is 0.293. The zero-order valence-electron chi connectivity index (χ0n) is 11.3. The molecule has 1 aliphatic carbocycles. The Kier molecular flexibility index (Phi) is 3.39. The SMILES string of the molecule is CC(Nc1nc2c(cc1C#N)CCC2)C1CCOC1. The molecule has 0 saturated carbocycles. The predicted molar refractivity (Wildman–Crippen MR) is 73.0 cm³/mol. The maximum atomic E-state index is 9.27. The minimum atomic E-state index is 0.293. The number of ether oxygens (including phenoxy) is 1. The van der Waals surface area contributed by atoms with Gasteiger partial charge in [0.1, 0.15) is 11.9 Å². The Balaban J connectivity index is 1.81. The number of nitriles is 1. The molecule has 19 heavy (non-hydrogen) atoms. The third-order valence-corrected chi connectivity index (χ3v) is 4.21. The molecular formula is C15H19N3O. The number of nitrogens with one attached hydrogen (secondary N) is 1. The fraction of sp³-hybridized carbons (Fsp3) is 0.600. The van der Waals surface area contributed by atoms with E-state index in [4.69, 9.17) is 4.74 Å². The van der Waals surface area contributed by atoms with Crippen LogP contribution in [0.3, 0.4) is 0 Å². The fourth-order valence-corrected chi connectivity index (χ4v) is 2.95. The molecule has 100 valence electrons. The van der Waals surface area contributed by atoms with Gasteiger partial charge in [0.05, 0.1) is 12.2 Å². The summed E-state index contributed by atoms with van der Waals surface area (Å²) in [6.07, 6.45) is 4.34. The highest BCUT2D eigenvalue weighted by atomic mass is 16.5. The van der Waals surface area contributed by atoms with Crippen molar-refractivity contribution in [2.24, 2.45) is 5.92 Å². The highest BCUT2D eigenvalue weighted by Gasteiger charge is 2.24. The number of hydrogen-bond donors (Lipinski definition) is 1. The molecule has 2 atom stereocenters. The quantitative estimate of drug-likeness (QED) is 0.902. The van der Waals surface area contributed by atoms with E-state index in [2.05, 4.69) is 23.3 Å². The van der Waals surface area contributed by atoms with Gasteiger partial charge in [0.2, 0.25) is 0 Å². The number of pyridine rings is 1. The first-order valence-corrected chi connectivity index (χ1v) is 7.05. The van der Waals surface area contributed by atoms with Gasteiger partial charge in [0, 0.05) is 24.3 Å². The van der Waals surface area contributed by atoms with Gasteiger partial charge in [-0.15, -0.1) is 0 Å². The van der Waals surface area contributed by atoms with Crippen LogP contribution in [0.1, 0.15) is 36.6 Å². The van der Waals surface area contributed by atoms with Crippen LogP contribution in [-0.2, 0) is 17.6 Å². The smallest absolute Gasteiger partial charge is 0.144 e. The molecular weight excluding hydrogens is 238 g/mol. The summed E-state index contributed by atoms with van der Waals surface area (Å²) in [6.45, 7) is 3.80. The van der Waals surface area contributed by atoms with Crippen molar-refractivity contribution in [3.8, 4) is 6.07 Å². The average Bonchev–Trinajstić information content (AvgIpc) is 3.08. The topological polar surface area (TPSA) is 57.9 Å². The highest BCUT2D eigenvalue weighted by Crippen LogP contribution is 2.27. The van der Waals surface area contributed by atoms with E-state index in [1.165, 1.54) is 5.56 Å². The first-order valence-electron chi connectivity index (χ1n) is 7.05. The third-order valence-electron chi connectivity index (χ3n) is 4.21. The fourth-order valence-electron chi connectivity index (χ4n) is 2.95. The van der Waals surface area contributed by atoms with E-state index < -0.39 is 0 Å². The number of rotatable bonds is 3. The number of fused-ring (bicyclic) bond motifs is 1. The summed E-state index contributed by atoms with van der Waals surface area (Å²) in [5, 5.41) is 12.7. The number of anilines is 1. The summed E-state index contributed by atoms with van der Waals surface area (Å²) < 4.78 is 5.42. The van der Waals surface area contributed by atoms with Gasteiger partial charge in [-0.25, -0.2) is 4.98 Å². The Hall–Kier alpha value is -1.60. The van der Waals surface area contributed by atoms with Gasteiger partial charge in [-0.2, -0.15) is 5.26 Å². The number of hydrogen-bond acceptors (Lipinski definition) is 4. The monoisotopic (exact) mass is 257 g/mol. The summed E-state index contributed by atoms with van der Waals surface area (Å²) in [4.78, 5) is 4.66. The lowest BCUT2D eigenvalue weighted by atomic mass is 10.0. The lowest BCUT2D eigenvalue weighted by molar-refractivity contribution is 0.183. The van der Waals surface area contributed by atoms with E-state index in [1.54, 1.807) is 0 Å². The number of aromatic nitrogens is 1. The van der Waals surface area contributed by atoms with Gasteiger partial charge in [-0.1, -0.05) is 0 Å². The molecule has 1 aromatic rings. The molecule has 1 saturated heterocycles. The Morgan fingerprint density at radius 1 is 1.53 bits per heavy atom. The van der Waals surface area contributed by atoms with Gasteiger partial charge < -0.3 is 10.1 Å². The van der Waals surface area contributed by atoms with Crippen molar-refractivity contribution in [1.29, 1.82) is 5.26 Å². The van der Waals surface area contributed by atoms with Crippen LogP contribution in [0, 0.1) is 17.2 Å². The van der Waals surface area contributed by atoms with Gasteiger partial charge in [-0.3, -0.25) is 0 Å². The Bertz CT molecular complexity index is 515. The molecule has 0 radical (unpaired) electrons. The maximum absolute atomic E-state index is 9.27. The second-order valence-corrected chi connectivity index (χ2v) is 5.51. The molecule has 1 aliphatic heterocycles. The van der Waals surface area contributed by atoms with Crippen molar-refractivity contribution in [3.63, 3.8) is 0 Å². The molecule has 2 heterocycles. The molecule has 2 unspecified atom stereocenters. The Morgan fingerprint density at radius 3 is 3.16 bits per heavy atom. The third kappa shape index (κ3) is 2.43.